The molecular weight excluding hydrogens is 271 g/mol. The van der Waals surface area contributed by atoms with Crippen LogP contribution in [0.2, 0.25) is 0 Å². The van der Waals surface area contributed by atoms with Gasteiger partial charge in [-0.2, -0.15) is 0 Å². The van der Waals surface area contributed by atoms with Crippen LogP contribution in [0.1, 0.15) is 28.9 Å². The number of ether oxygens (including phenoxy) is 1. The maximum Gasteiger partial charge on any atom is 0.248 e. The summed E-state index contributed by atoms with van der Waals surface area (Å²) in [6, 6.07) is 10.8. The molecule has 0 saturated heterocycles. The Morgan fingerprint density at radius 1 is 1.24 bits per heavy atom. The minimum absolute atomic E-state index is 0.0550. The summed E-state index contributed by atoms with van der Waals surface area (Å²) in [6.45, 7) is 1.91. The smallest absolute Gasteiger partial charge is 0.248 e. The van der Waals surface area contributed by atoms with E-state index in [2.05, 4.69) is 5.32 Å². The van der Waals surface area contributed by atoms with Crippen LogP contribution in [0.3, 0.4) is 0 Å². The molecule has 0 saturated carbocycles. The SMILES string of the molecule is CNC(C)c1cc(F)ccc1Oc1ccc(C(N)=O)cc1. The molecule has 5 heteroatoms. The molecular formula is C16H17FN2O2. The third kappa shape index (κ3) is 3.58. The highest BCUT2D eigenvalue weighted by Gasteiger charge is 2.12. The Morgan fingerprint density at radius 3 is 2.48 bits per heavy atom. The van der Waals surface area contributed by atoms with E-state index in [9.17, 15) is 9.18 Å². The maximum absolute atomic E-state index is 13.4. The molecule has 21 heavy (non-hydrogen) atoms. The van der Waals surface area contributed by atoms with Gasteiger partial charge in [0.05, 0.1) is 0 Å². The molecule has 2 rings (SSSR count). The number of rotatable bonds is 5. The molecule has 0 aliphatic rings. The highest BCUT2D eigenvalue weighted by Crippen LogP contribution is 2.30. The zero-order chi connectivity index (χ0) is 15.4. The normalized spacial score (nSPS) is 12.0. The van der Waals surface area contributed by atoms with Crippen molar-refractivity contribution in [3.05, 3.63) is 59.4 Å². The Labute approximate surface area is 122 Å². The van der Waals surface area contributed by atoms with E-state index in [4.69, 9.17) is 10.5 Å². The number of amides is 1. The molecule has 4 nitrogen and oxygen atoms in total. The van der Waals surface area contributed by atoms with Crippen LogP contribution in [-0.2, 0) is 0 Å². The zero-order valence-corrected chi connectivity index (χ0v) is 11.9. The van der Waals surface area contributed by atoms with Gasteiger partial charge in [-0.25, -0.2) is 4.39 Å². The van der Waals surface area contributed by atoms with Crippen LogP contribution in [0.5, 0.6) is 11.5 Å². The van der Waals surface area contributed by atoms with Crippen LogP contribution in [0.25, 0.3) is 0 Å². The first-order valence-corrected chi connectivity index (χ1v) is 6.55. The van der Waals surface area contributed by atoms with Gasteiger partial charge >= 0.3 is 0 Å². The number of halogens is 1. The lowest BCUT2D eigenvalue weighted by Gasteiger charge is -2.16. The second-order valence-electron chi connectivity index (χ2n) is 4.68. The van der Waals surface area contributed by atoms with E-state index in [-0.39, 0.29) is 11.9 Å². The van der Waals surface area contributed by atoms with Gasteiger partial charge in [-0.05, 0) is 56.4 Å². The number of primary amides is 1. The van der Waals surface area contributed by atoms with E-state index in [0.29, 0.717) is 17.1 Å². The summed E-state index contributed by atoms with van der Waals surface area (Å²) in [6.07, 6.45) is 0. The molecule has 0 heterocycles. The number of carbonyl (C=O) groups is 1. The summed E-state index contributed by atoms with van der Waals surface area (Å²) in [5, 5.41) is 3.05. The number of benzene rings is 2. The Hall–Kier alpha value is -2.40. The number of nitrogens with one attached hydrogen (secondary N) is 1. The maximum atomic E-state index is 13.4. The van der Waals surface area contributed by atoms with Crippen molar-refractivity contribution in [3.8, 4) is 11.5 Å². The Morgan fingerprint density at radius 2 is 1.90 bits per heavy atom. The zero-order valence-electron chi connectivity index (χ0n) is 11.9. The second kappa shape index (κ2) is 6.37. The molecule has 0 aliphatic carbocycles. The second-order valence-corrected chi connectivity index (χ2v) is 4.68. The molecule has 0 spiro atoms. The first-order valence-electron chi connectivity index (χ1n) is 6.55. The highest BCUT2D eigenvalue weighted by atomic mass is 19.1. The van der Waals surface area contributed by atoms with E-state index in [1.807, 2.05) is 6.92 Å². The first kappa shape index (κ1) is 15.0. The van der Waals surface area contributed by atoms with Crippen LogP contribution in [0.15, 0.2) is 42.5 Å². The van der Waals surface area contributed by atoms with Gasteiger partial charge in [0.2, 0.25) is 5.91 Å². The van der Waals surface area contributed by atoms with Gasteiger partial charge in [0.25, 0.3) is 0 Å². The van der Waals surface area contributed by atoms with Crippen molar-refractivity contribution in [2.45, 2.75) is 13.0 Å². The van der Waals surface area contributed by atoms with Crippen molar-refractivity contribution in [1.82, 2.24) is 5.32 Å². The Bertz CT molecular complexity index is 641. The predicted octanol–water partition coefficient (Wildman–Crippen LogP) is 3.00. The number of hydrogen-bond donors (Lipinski definition) is 2. The van der Waals surface area contributed by atoms with Crippen molar-refractivity contribution < 1.29 is 13.9 Å². The number of carbonyl (C=O) groups excluding carboxylic acids is 1. The molecule has 2 aromatic carbocycles. The molecule has 1 atom stereocenters. The molecule has 110 valence electrons. The van der Waals surface area contributed by atoms with Crippen molar-refractivity contribution >= 4 is 5.91 Å². The van der Waals surface area contributed by atoms with Crippen LogP contribution in [0.4, 0.5) is 4.39 Å². The van der Waals surface area contributed by atoms with E-state index >= 15 is 0 Å². The standard InChI is InChI=1S/C16H17FN2O2/c1-10(19-2)14-9-12(17)5-8-15(14)21-13-6-3-11(4-7-13)16(18)20/h3-10,19H,1-2H3,(H2,18,20). The van der Waals surface area contributed by atoms with Gasteiger partial charge < -0.3 is 15.8 Å². The minimum atomic E-state index is -0.493. The molecule has 2 aromatic rings. The largest absolute Gasteiger partial charge is 0.457 e. The van der Waals surface area contributed by atoms with Crippen LogP contribution in [-0.4, -0.2) is 13.0 Å². The average Bonchev–Trinajstić information content (AvgIpc) is 2.48. The summed E-state index contributed by atoms with van der Waals surface area (Å²) in [5.41, 5.74) is 6.31. The summed E-state index contributed by atoms with van der Waals surface area (Å²) in [4.78, 5) is 11.0. The van der Waals surface area contributed by atoms with Crippen LogP contribution in [0, 0.1) is 5.82 Å². The van der Waals surface area contributed by atoms with E-state index < -0.39 is 5.91 Å². The van der Waals surface area contributed by atoms with Gasteiger partial charge in [0.15, 0.2) is 0 Å². The van der Waals surface area contributed by atoms with Crippen LogP contribution < -0.4 is 15.8 Å². The summed E-state index contributed by atoms with van der Waals surface area (Å²) in [5.74, 6) is 0.303. The minimum Gasteiger partial charge on any atom is -0.457 e. The molecule has 0 fully saturated rings. The third-order valence-corrected chi connectivity index (χ3v) is 3.24. The lowest BCUT2D eigenvalue weighted by atomic mass is 10.1. The summed E-state index contributed by atoms with van der Waals surface area (Å²) >= 11 is 0. The van der Waals surface area contributed by atoms with Crippen molar-refractivity contribution in [2.24, 2.45) is 5.73 Å². The monoisotopic (exact) mass is 288 g/mol. The molecule has 0 aliphatic heterocycles. The van der Waals surface area contributed by atoms with Crippen molar-refractivity contribution in [1.29, 1.82) is 0 Å². The van der Waals surface area contributed by atoms with Crippen LogP contribution >= 0.6 is 0 Å². The van der Waals surface area contributed by atoms with Crippen molar-refractivity contribution in [3.63, 3.8) is 0 Å². The lowest BCUT2D eigenvalue weighted by Crippen LogP contribution is -2.13. The molecule has 0 radical (unpaired) electrons. The van der Waals surface area contributed by atoms with E-state index in [1.165, 1.54) is 12.1 Å². The lowest BCUT2D eigenvalue weighted by molar-refractivity contribution is 0.100. The number of nitrogens with two attached hydrogens (primary N) is 1. The fourth-order valence-electron chi connectivity index (χ4n) is 1.92. The van der Waals surface area contributed by atoms with Gasteiger partial charge in [0, 0.05) is 17.2 Å². The third-order valence-electron chi connectivity index (χ3n) is 3.24. The topological polar surface area (TPSA) is 64.3 Å². The quantitative estimate of drug-likeness (QED) is 0.889. The van der Waals surface area contributed by atoms with E-state index in [0.717, 1.165) is 5.56 Å². The molecule has 3 N–H and O–H groups in total. The van der Waals surface area contributed by atoms with Gasteiger partial charge in [-0.1, -0.05) is 0 Å². The predicted molar refractivity (Wildman–Crippen MR) is 78.9 cm³/mol. The molecule has 0 aromatic heterocycles. The first-order chi connectivity index (χ1) is 10.0. The molecule has 1 unspecified atom stereocenters. The van der Waals surface area contributed by atoms with Crippen molar-refractivity contribution in [2.75, 3.05) is 7.05 Å². The summed E-state index contributed by atoms with van der Waals surface area (Å²) < 4.78 is 19.2. The van der Waals surface area contributed by atoms with Gasteiger partial charge in [-0.15, -0.1) is 0 Å². The Balaban J connectivity index is 2.28. The number of hydrogen-bond acceptors (Lipinski definition) is 3. The molecule has 0 bridgehead atoms. The highest BCUT2D eigenvalue weighted by molar-refractivity contribution is 5.92. The fraction of sp³-hybridized carbons (Fsp3) is 0.188. The Kier molecular flexibility index (Phi) is 4.55. The summed E-state index contributed by atoms with van der Waals surface area (Å²) in [7, 11) is 1.79. The van der Waals surface area contributed by atoms with E-state index in [1.54, 1.807) is 37.4 Å². The van der Waals surface area contributed by atoms with Gasteiger partial charge in [-0.3, -0.25) is 4.79 Å². The molecule has 1 amide bonds. The van der Waals surface area contributed by atoms with Gasteiger partial charge in [0.1, 0.15) is 17.3 Å². The fourth-order valence-corrected chi connectivity index (χ4v) is 1.92. The average molecular weight is 288 g/mol.